The molecule has 3 heterocycles. The number of fused-ring (bicyclic) bond motifs is 1. The zero-order valence-electron chi connectivity index (χ0n) is 14.9. The molecule has 2 aliphatic heterocycles. The van der Waals surface area contributed by atoms with E-state index in [4.69, 9.17) is 0 Å². The van der Waals surface area contributed by atoms with Crippen molar-refractivity contribution in [1.82, 2.24) is 30.2 Å². The van der Waals surface area contributed by atoms with Gasteiger partial charge in [-0.1, -0.05) is 12.2 Å². The zero-order chi connectivity index (χ0) is 17.8. The number of hydrogen-bond acceptors (Lipinski definition) is 5. The van der Waals surface area contributed by atoms with Crippen molar-refractivity contribution in [1.29, 1.82) is 0 Å². The summed E-state index contributed by atoms with van der Waals surface area (Å²) >= 11 is 0. The normalized spacial score (nSPS) is 19.8. The summed E-state index contributed by atoms with van der Waals surface area (Å²) < 4.78 is 1.85. The van der Waals surface area contributed by atoms with Gasteiger partial charge < -0.3 is 15.1 Å². The van der Waals surface area contributed by atoms with Gasteiger partial charge in [-0.2, -0.15) is 5.10 Å². The number of nitrogens with one attached hydrogen (secondary N) is 2. The minimum absolute atomic E-state index is 0.0837. The van der Waals surface area contributed by atoms with Crippen molar-refractivity contribution in [3.63, 3.8) is 0 Å². The smallest absolute Gasteiger partial charge is 0.271 e. The predicted octanol–water partition coefficient (Wildman–Crippen LogP) is -0.565. The van der Waals surface area contributed by atoms with Gasteiger partial charge in [-0.15, -0.1) is 0 Å². The monoisotopic (exact) mass is 346 g/mol. The van der Waals surface area contributed by atoms with Crippen LogP contribution in [0.2, 0.25) is 0 Å². The molecular weight excluding hydrogens is 320 g/mol. The summed E-state index contributed by atoms with van der Waals surface area (Å²) in [6.45, 7) is 4.01. The second-order valence-corrected chi connectivity index (χ2v) is 6.73. The van der Waals surface area contributed by atoms with E-state index >= 15 is 0 Å². The maximum atomic E-state index is 12.6. The number of aryl methyl sites for hydroxylation is 1. The van der Waals surface area contributed by atoms with Crippen LogP contribution in [0.25, 0.3) is 0 Å². The summed E-state index contributed by atoms with van der Waals surface area (Å²) in [5.74, 6) is -0.0823. The van der Waals surface area contributed by atoms with Crippen LogP contribution in [0.5, 0.6) is 0 Å². The average Bonchev–Trinajstić information content (AvgIpc) is 3.20. The first kappa shape index (κ1) is 17.6. The molecule has 1 aromatic rings. The fourth-order valence-electron chi connectivity index (χ4n) is 3.08. The lowest BCUT2D eigenvalue weighted by Gasteiger charge is -2.23. The highest BCUT2D eigenvalue weighted by Crippen LogP contribution is 2.15. The van der Waals surface area contributed by atoms with Crippen LogP contribution in [0.1, 0.15) is 22.6 Å². The maximum absolute atomic E-state index is 12.6. The molecule has 3 rings (SSSR count). The fraction of sp³-hybridized carbons (Fsp3) is 0.588. The highest BCUT2D eigenvalue weighted by atomic mass is 16.2. The third-order valence-electron chi connectivity index (χ3n) is 4.45. The van der Waals surface area contributed by atoms with Crippen molar-refractivity contribution in [2.75, 3.05) is 40.3 Å². The first-order valence-corrected chi connectivity index (χ1v) is 8.73. The Kier molecular flexibility index (Phi) is 5.50. The van der Waals surface area contributed by atoms with E-state index in [9.17, 15) is 9.59 Å². The molecule has 0 fully saturated rings. The molecule has 0 bridgehead atoms. The van der Waals surface area contributed by atoms with E-state index in [1.807, 2.05) is 40.7 Å². The highest BCUT2D eigenvalue weighted by molar-refractivity contribution is 5.92. The molecule has 2 aliphatic rings. The number of hydrogen-bond donors (Lipinski definition) is 2. The summed E-state index contributed by atoms with van der Waals surface area (Å²) in [5.41, 5.74) is 1.33. The van der Waals surface area contributed by atoms with E-state index in [2.05, 4.69) is 15.7 Å². The topological polar surface area (TPSA) is 82.5 Å². The molecule has 0 aromatic carbocycles. The first-order chi connectivity index (χ1) is 12.0. The molecule has 0 saturated heterocycles. The quantitative estimate of drug-likeness (QED) is 0.698. The van der Waals surface area contributed by atoms with Crippen molar-refractivity contribution in [2.24, 2.45) is 0 Å². The number of carbonyl (C=O) groups excluding carboxylic acids is 2. The molecule has 136 valence electrons. The Hall–Kier alpha value is -2.19. The van der Waals surface area contributed by atoms with E-state index in [1.165, 1.54) is 0 Å². The lowest BCUT2D eigenvalue weighted by atomic mass is 10.2. The number of nitrogens with zero attached hydrogens (tertiary/aromatic N) is 4. The summed E-state index contributed by atoms with van der Waals surface area (Å²) in [4.78, 5) is 28.7. The van der Waals surface area contributed by atoms with Gasteiger partial charge in [0.25, 0.3) is 5.91 Å². The van der Waals surface area contributed by atoms with Crippen LogP contribution in [0, 0.1) is 0 Å². The summed E-state index contributed by atoms with van der Waals surface area (Å²) in [6, 6.07) is 1.57. The SMILES string of the molecule is CN(C)CCNC(=O)c1cc2n(n1)CCCN(C(=O)[C@H]1C=CCN1)C2. The maximum Gasteiger partial charge on any atom is 0.271 e. The average molecular weight is 346 g/mol. The fourth-order valence-corrected chi connectivity index (χ4v) is 3.08. The van der Waals surface area contributed by atoms with Gasteiger partial charge in [-0.3, -0.25) is 19.6 Å². The highest BCUT2D eigenvalue weighted by Gasteiger charge is 2.27. The molecule has 2 N–H and O–H groups in total. The van der Waals surface area contributed by atoms with Crippen LogP contribution in [-0.4, -0.2) is 77.7 Å². The minimum Gasteiger partial charge on any atom is -0.349 e. The van der Waals surface area contributed by atoms with Gasteiger partial charge in [0.05, 0.1) is 12.2 Å². The number of carbonyl (C=O) groups is 2. The lowest BCUT2D eigenvalue weighted by molar-refractivity contribution is -0.132. The van der Waals surface area contributed by atoms with E-state index in [1.54, 1.807) is 6.07 Å². The number of rotatable bonds is 5. The molecule has 0 aliphatic carbocycles. The van der Waals surface area contributed by atoms with Gasteiger partial charge in [0.15, 0.2) is 5.69 Å². The Bertz CT molecular complexity index is 666. The number of likely N-dealkylation sites (N-methyl/N-ethyl adjacent to an activating group) is 1. The third kappa shape index (κ3) is 4.26. The van der Waals surface area contributed by atoms with Crippen molar-refractivity contribution in [3.8, 4) is 0 Å². The van der Waals surface area contributed by atoms with Gasteiger partial charge in [0.2, 0.25) is 5.91 Å². The van der Waals surface area contributed by atoms with E-state index in [0.717, 1.165) is 31.7 Å². The van der Waals surface area contributed by atoms with Crippen LogP contribution in [0.3, 0.4) is 0 Å². The van der Waals surface area contributed by atoms with Crippen molar-refractivity contribution in [3.05, 3.63) is 29.6 Å². The largest absolute Gasteiger partial charge is 0.349 e. The standard InChI is InChI=1S/C17H26N6O2/c1-21(2)10-7-19-16(24)15-11-13-12-22(8-4-9-23(13)20-15)17(25)14-5-3-6-18-14/h3,5,11,14,18H,4,6-10,12H2,1-2H3,(H,19,24)/t14-/m1/s1. The molecule has 1 atom stereocenters. The molecule has 0 radical (unpaired) electrons. The Morgan fingerprint density at radius 2 is 2.24 bits per heavy atom. The van der Waals surface area contributed by atoms with E-state index in [0.29, 0.717) is 25.3 Å². The van der Waals surface area contributed by atoms with Crippen LogP contribution in [0.15, 0.2) is 18.2 Å². The molecule has 8 heteroatoms. The minimum atomic E-state index is -0.233. The molecule has 0 unspecified atom stereocenters. The molecule has 25 heavy (non-hydrogen) atoms. The molecule has 1 aromatic heterocycles. The summed E-state index contributed by atoms with van der Waals surface area (Å²) in [5, 5.41) is 10.5. The Morgan fingerprint density at radius 1 is 1.40 bits per heavy atom. The van der Waals surface area contributed by atoms with Gasteiger partial charge in [0.1, 0.15) is 6.04 Å². The van der Waals surface area contributed by atoms with Crippen LogP contribution in [-0.2, 0) is 17.9 Å². The van der Waals surface area contributed by atoms with Gasteiger partial charge >= 0.3 is 0 Å². The Labute approximate surface area is 147 Å². The van der Waals surface area contributed by atoms with Gasteiger partial charge in [0, 0.05) is 32.7 Å². The lowest BCUT2D eigenvalue weighted by Crippen LogP contribution is -2.43. The second kappa shape index (κ2) is 7.79. The third-order valence-corrected chi connectivity index (χ3v) is 4.45. The van der Waals surface area contributed by atoms with Crippen molar-refractivity contribution < 1.29 is 9.59 Å². The van der Waals surface area contributed by atoms with E-state index < -0.39 is 0 Å². The van der Waals surface area contributed by atoms with Crippen molar-refractivity contribution in [2.45, 2.75) is 25.6 Å². The first-order valence-electron chi connectivity index (χ1n) is 8.73. The Morgan fingerprint density at radius 3 is 2.96 bits per heavy atom. The molecular formula is C17H26N6O2. The van der Waals surface area contributed by atoms with Crippen LogP contribution < -0.4 is 10.6 Å². The van der Waals surface area contributed by atoms with Crippen molar-refractivity contribution >= 4 is 11.8 Å². The predicted molar refractivity (Wildman–Crippen MR) is 94.1 cm³/mol. The Balaban J connectivity index is 1.65. The number of amides is 2. The second-order valence-electron chi connectivity index (χ2n) is 6.73. The molecule has 0 spiro atoms. The molecule has 8 nitrogen and oxygen atoms in total. The molecule has 0 saturated carbocycles. The molecule has 2 amide bonds. The van der Waals surface area contributed by atoms with Crippen LogP contribution in [0.4, 0.5) is 0 Å². The summed E-state index contributed by atoms with van der Waals surface area (Å²) in [7, 11) is 3.93. The van der Waals surface area contributed by atoms with Crippen LogP contribution >= 0.6 is 0 Å². The van der Waals surface area contributed by atoms with Gasteiger partial charge in [-0.25, -0.2) is 0 Å². The van der Waals surface area contributed by atoms with Gasteiger partial charge in [-0.05, 0) is 26.6 Å². The number of aromatic nitrogens is 2. The van der Waals surface area contributed by atoms with E-state index in [-0.39, 0.29) is 17.9 Å². The summed E-state index contributed by atoms with van der Waals surface area (Å²) in [6.07, 6.45) is 4.72. The zero-order valence-corrected chi connectivity index (χ0v) is 14.9.